The molecule has 0 aliphatic carbocycles. The van der Waals surface area contributed by atoms with Gasteiger partial charge in [0.2, 0.25) is 5.95 Å². The number of ether oxygens (including phenoxy) is 1. The number of anilines is 2. The number of piperazine rings is 1. The summed E-state index contributed by atoms with van der Waals surface area (Å²) in [6.45, 7) is 12.7. The summed E-state index contributed by atoms with van der Waals surface area (Å²) < 4.78 is 5.41. The highest BCUT2D eigenvalue weighted by Gasteiger charge is 2.20. The Labute approximate surface area is 173 Å². The molecule has 1 aromatic heterocycles. The summed E-state index contributed by atoms with van der Waals surface area (Å²) in [6.07, 6.45) is 0. The van der Waals surface area contributed by atoms with Crippen LogP contribution in [0.3, 0.4) is 0 Å². The summed E-state index contributed by atoms with van der Waals surface area (Å²) in [4.78, 5) is 16.7. The maximum Gasteiger partial charge on any atom is 0.227 e. The molecule has 29 heavy (non-hydrogen) atoms. The minimum Gasteiger partial charge on any atom is -0.379 e. The van der Waals surface area contributed by atoms with Gasteiger partial charge in [0.05, 0.1) is 13.2 Å². The lowest BCUT2D eigenvalue weighted by Gasteiger charge is -2.35. The minimum absolute atomic E-state index is 0.840. The Kier molecular flexibility index (Phi) is 6.92. The highest BCUT2D eigenvalue weighted by molar-refractivity contribution is 5.44. The Balaban J connectivity index is 1.28. The number of benzene rings is 1. The fourth-order valence-electron chi connectivity index (χ4n) is 3.90. The van der Waals surface area contributed by atoms with Gasteiger partial charge in [0.1, 0.15) is 5.82 Å². The molecule has 2 saturated heterocycles. The molecule has 2 fully saturated rings. The molecule has 0 saturated carbocycles. The molecule has 0 bridgehead atoms. The number of hydrogen-bond donors (Lipinski definition) is 1. The maximum absolute atomic E-state index is 5.41. The van der Waals surface area contributed by atoms with Crippen LogP contribution in [0.4, 0.5) is 11.8 Å². The number of rotatable bonds is 7. The van der Waals surface area contributed by atoms with Crippen LogP contribution in [0.15, 0.2) is 36.4 Å². The predicted molar refractivity (Wildman–Crippen MR) is 116 cm³/mol. The largest absolute Gasteiger partial charge is 0.379 e. The molecule has 2 aliphatic rings. The van der Waals surface area contributed by atoms with Gasteiger partial charge >= 0.3 is 0 Å². The van der Waals surface area contributed by atoms with E-state index in [0.29, 0.717) is 0 Å². The van der Waals surface area contributed by atoms with E-state index in [2.05, 4.69) is 50.3 Å². The molecule has 4 rings (SSSR count). The fourth-order valence-corrected chi connectivity index (χ4v) is 3.90. The summed E-state index contributed by atoms with van der Waals surface area (Å²) >= 11 is 0. The molecule has 7 nitrogen and oxygen atoms in total. The van der Waals surface area contributed by atoms with Crippen molar-refractivity contribution in [2.45, 2.75) is 13.5 Å². The van der Waals surface area contributed by atoms with Crippen molar-refractivity contribution >= 4 is 11.8 Å². The number of aromatic nitrogens is 2. The molecule has 2 aliphatic heterocycles. The highest BCUT2D eigenvalue weighted by atomic mass is 16.5. The van der Waals surface area contributed by atoms with Crippen LogP contribution in [-0.4, -0.2) is 85.3 Å². The van der Waals surface area contributed by atoms with Gasteiger partial charge < -0.3 is 15.0 Å². The normalized spacial score (nSPS) is 18.7. The van der Waals surface area contributed by atoms with E-state index < -0.39 is 0 Å². The highest BCUT2D eigenvalue weighted by Crippen LogP contribution is 2.17. The zero-order chi connectivity index (χ0) is 19.9. The summed E-state index contributed by atoms with van der Waals surface area (Å²) in [5, 5.41) is 3.48. The van der Waals surface area contributed by atoms with Crippen LogP contribution >= 0.6 is 0 Å². The Morgan fingerprint density at radius 3 is 2.45 bits per heavy atom. The first kappa shape index (κ1) is 20.1. The van der Waals surface area contributed by atoms with Gasteiger partial charge in [-0.25, -0.2) is 4.98 Å². The molecular formula is C22H32N6O. The van der Waals surface area contributed by atoms with E-state index in [9.17, 15) is 0 Å². The van der Waals surface area contributed by atoms with Gasteiger partial charge in [0.15, 0.2) is 0 Å². The number of nitrogens with zero attached hydrogens (tertiary/aromatic N) is 5. The Morgan fingerprint density at radius 2 is 1.69 bits per heavy atom. The third-order valence-corrected chi connectivity index (χ3v) is 5.58. The van der Waals surface area contributed by atoms with E-state index in [1.807, 2.05) is 13.0 Å². The molecule has 0 radical (unpaired) electrons. The molecule has 1 aromatic carbocycles. The van der Waals surface area contributed by atoms with E-state index in [-0.39, 0.29) is 0 Å². The van der Waals surface area contributed by atoms with Gasteiger partial charge in [0, 0.05) is 70.7 Å². The first-order valence-corrected chi connectivity index (χ1v) is 10.7. The van der Waals surface area contributed by atoms with Crippen LogP contribution in [0.25, 0.3) is 0 Å². The lowest BCUT2D eigenvalue weighted by molar-refractivity contribution is 0.0398. The molecule has 2 aromatic rings. The number of aryl methyl sites for hydroxylation is 1. The number of nitrogens with one attached hydrogen (secondary N) is 1. The second kappa shape index (κ2) is 10.0. The Hall–Kier alpha value is -2.22. The fraction of sp³-hybridized carbons (Fsp3) is 0.545. The predicted octanol–water partition coefficient (Wildman–Crippen LogP) is 1.85. The van der Waals surface area contributed by atoms with Crippen LogP contribution < -0.4 is 10.2 Å². The van der Waals surface area contributed by atoms with Crippen molar-refractivity contribution in [2.24, 2.45) is 0 Å². The van der Waals surface area contributed by atoms with E-state index in [1.54, 1.807) is 0 Å². The van der Waals surface area contributed by atoms with Crippen molar-refractivity contribution in [3.8, 4) is 0 Å². The van der Waals surface area contributed by atoms with Gasteiger partial charge in [-0.3, -0.25) is 9.80 Å². The van der Waals surface area contributed by atoms with E-state index in [0.717, 1.165) is 89.6 Å². The molecule has 3 heterocycles. The molecule has 0 atom stereocenters. The van der Waals surface area contributed by atoms with Gasteiger partial charge in [-0.1, -0.05) is 30.3 Å². The van der Waals surface area contributed by atoms with E-state index >= 15 is 0 Å². The third-order valence-electron chi connectivity index (χ3n) is 5.58. The molecule has 156 valence electrons. The van der Waals surface area contributed by atoms with Crippen molar-refractivity contribution in [2.75, 3.05) is 75.8 Å². The molecule has 0 amide bonds. The van der Waals surface area contributed by atoms with Crippen molar-refractivity contribution in [1.82, 2.24) is 19.8 Å². The van der Waals surface area contributed by atoms with Crippen molar-refractivity contribution in [3.05, 3.63) is 47.7 Å². The number of hydrogen-bond acceptors (Lipinski definition) is 7. The van der Waals surface area contributed by atoms with Crippen LogP contribution in [0.5, 0.6) is 0 Å². The summed E-state index contributed by atoms with van der Waals surface area (Å²) in [6, 6.07) is 12.7. The quantitative estimate of drug-likeness (QED) is 0.766. The zero-order valence-electron chi connectivity index (χ0n) is 17.4. The average Bonchev–Trinajstić information content (AvgIpc) is 2.75. The van der Waals surface area contributed by atoms with Crippen molar-refractivity contribution in [1.29, 1.82) is 0 Å². The first-order valence-electron chi connectivity index (χ1n) is 10.7. The smallest absolute Gasteiger partial charge is 0.227 e. The first-order chi connectivity index (χ1) is 14.3. The topological polar surface area (TPSA) is 56.8 Å². The van der Waals surface area contributed by atoms with E-state index in [4.69, 9.17) is 14.7 Å². The lowest BCUT2D eigenvalue weighted by Crippen LogP contribution is -2.46. The minimum atomic E-state index is 0.840. The van der Waals surface area contributed by atoms with Gasteiger partial charge in [0.25, 0.3) is 0 Å². The third kappa shape index (κ3) is 5.88. The van der Waals surface area contributed by atoms with Crippen LogP contribution in [0.1, 0.15) is 11.3 Å². The Bertz CT molecular complexity index is 757. The van der Waals surface area contributed by atoms with Gasteiger partial charge in [-0.05, 0) is 12.5 Å². The van der Waals surface area contributed by atoms with E-state index in [1.165, 1.54) is 5.56 Å². The van der Waals surface area contributed by atoms with Gasteiger partial charge in [-0.2, -0.15) is 4.98 Å². The molecular weight excluding hydrogens is 364 g/mol. The molecule has 7 heteroatoms. The summed E-state index contributed by atoms with van der Waals surface area (Å²) in [7, 11) is 0. The van der Waals surface area contributed by atoms with Crippen LogP contribution in [0.2, 0.25) is 0 Å². The maximum atomic E-state index is 5.41. The Morgan fingerprint density at radius 1 is 0.931 bits per heavy atom. The second-order valence-corrected chi connectivity index (χ2v) is 7.82. The van der Waals surface area contributed by atoms with Gasteiger partial charge in [-0.15, -0.1) is 0 Å². The average molecular weight is 397 g/mol. The van der Waals surface area contributed by atoms with Crippen molar-refractivity contribution in [3.63, 3.8) is 0 Å². The standard InChI is InChI=1S/C22H32N6O/c1-19-17-21(23-7-8-26-13-15-29-16-14-26)25-22(24-19)28-11-9-27(10-12-28)18-20-5-3-2-4-6-20/h2-6,17H,7-16,18H2,1H3,(H,23,24,25). The number of morpholine rings is 1. The second-order valence-electron chi connectivity index (χ2n) is 7.82. The molecule has 0 spiro atoms. The van der Waals surface area contributed by atoms with Crippen LogP contribution in [-0.2, 0) is 11.3 Å². The SMILES string of the molecule is Cc1cc(NCCN2CCOCC2)nc(N2CCN(Cc3ccccc3)CC2)n1. The molecule has 0 unspecified atom stereocenters. The lowest BCUT2D eigenvalue weighted by atomic mass is 10.2. The molecule has 1 N–H and O–H groups in total. The van der Waals surface area contributed by atoms with Crippen LogP contribution in [0, 0.1) is 6.92 Å². The monoisotopic (exact) mass is 396 g/mol. The van der Waals surface area contributed by atoms with Crippen molar-refractivity contribution < 1.29 is 4.74 Å². The zero-order valence-corrected chi connectivity index (χ0v) is 17.4. The summed E-state index contributed by atoms with van der Waals surface area (Å²) in [5.74, 6) is 1.77. The summed E-state index contributed by atoms with van der Waals surface area (Å²) in [5.41, 5.74) is 2.38.